The Hall–Kier alpha value is -1.89. The highest BCUT2D eigenvalue weighted by Crippen LogP contribution is 2.31. The Morgan fingerprint density at radius 1 is 1.00 bits per heavy atom. The van der Waals surface area contributed by atoms with Crippen LogP contribution in [0.1, 0.15) is 29.5 Å². The molecular weight excluding hydrogens is 384 g/mol. The van der Waals surface area contributed by atoms with Gasteiger partial charge in [-0.1, -0.05) is 24.3 Å². The summed E-state index contributed by atoms with van der Waals surface area (Å²) in [5.74, 6) is 1.22. The zero-order chi connectivity index (χ0) is 19.8. The highest BCUT2D eigenvalue weighted by Gasteiger charge is 2.32. The first-order valence-corrected chi connectivity index (χ1v) is 12.1. The SMILES string of the molecule is O=S(=O)(c1ccc2c(c1)CCO2)N1CCCC(CN2CCc3ccccc3C2)C1. The summed E-state index contributed by atoms with van der Waals surface area (Å²) in [5.41, 5.74) is 3.88. The summed E-state index contributed by atoms with van der Waals surface area (Å²) in [6.45, 7) is 4.89. The van der Waals surface area contributed by atoms with Crippen molar-refractivity contribution >= 4 is 10.0 Å². The molecule has 154 valence electrons. The van der Waals surface area contributed by atoms with E-state index in [1.165, 1.54) is 11.1 Å². The standard InChI is InChI=1S/C23H28N2O3S/c26-29(27,22-7-8-23-20(14-22)10-13-28-23)25-11-3-4-18(16-25)15-24-12-9-19-5-1-2-6-21(19)17-24/h1-2,5-8,14,18H,3-4,9-13,15-17H2. The van der Waals surface area contributed by atoms with Gasteiger partial charge in [0.05, 0.1) is 11.5 Å². The van der Waals surface area contributed by atoms with Crippen molar-refractivity contribution in [2.45, 2.75) is 37.1 Å². The second kappa shape index (κ2) is 7.74. The molecule has 0 saturated carbocycles. The highest BCUT2D eigenvalue weighted by molar-refractivity contribution is 7.89. The fraction of sp³-hybridized carbons (Fsp3) is 0.478. The molecule has 3 aliphatic rings. The summed E-state index contributed by atoms with van der Waals surface area (Å²) in [5, 5.41) is 0. The van der Waals surface area contributed by atoms with Crippen molar-refractivity contribution in [3.05, 3.63) is 59.2 Å². The number of hydrogen-bond donors (Lipinski definition) is 0. The minimum Gasteiger partial charge on any atom is -0.493 e. The maximum Gasteiger partial charge on any atom is 0.243 e. The third kappa shape index (κ3) is 3.81. The minimum atomic E-state index is -3.45. The van der Waals surface area contributed by atoms with Gasteiger partial charge in [0, 0.05) is 39.1 Å². The van der Waals surface area contributed by atoms with Gasteiger partial charge in [-0.15, -0.1) is 0 Å². The average molecular weight is 413 g/mol. The van der Waals surface area contributed by atoms with E-state index in [1.54, 1.807) is 10.4 Å². The molecule has 0 N–H and O–H groups in total. The van der Waals surface area contributed by atoms with E-state index in [1.807, 2.05) is 12.1 Å². The fourth-order valence-corrected chi connectivity index (χ4v) is 6.55. The number of rotatable bonds is 4. The van der Waals surface area contributed by atoms with Crippen LogP contribution in [0.4, 0.5) is 0 Å². The third-order valence-electron chi connectivity index (χ3n) is 6.51. The molecule has 5 rings (SSSR count). The van der Waals surface area contributed by atoms with Gasteiger partial charge in [0.1, 0.15) is 5.75 Å². The molecule has 0 spiro atoms. The molecule has 0 aliphatic carbocycles. The van der Waals surface area contributed by atoms with Crippen LogP contribution in [0.5, 0.6) is 5.75 Å². The number of piperidine rings is 1. The molecule has 1 atom stereocenters. The first-order valence-electron chi connectivity index (χ1n) is 10.6. The quantitative estimate of drug-likeness (QED) is 0.774. The molecular formula is C23H28N2O3S. The van der Waals surface area contributed by atoms with Crippen molar-refractivity contribution in [1.29, 1.82) is 0 Å². The predicted molar refractivity (Wildman–Crippen MR) is 113 cm³/mol. The smallest absolute Gasteiger partial charge is 0.243 e. The molecule has 3 aliphatic heterocycles. The van der Waals surface area contributed by atoms with Crippen LogP contribution in [0.15, 0.2) is 47.4 Å². The Labute approximate surface area is 173 Å². The van der Waals surface area contributed by atoms with E-state index in [2.05, 4.69) is 29.2 Å². The van der Waals surface area contributed by atoms with E-state index in [0.29, 0.717) is 30.5 Å². The molecule has 6 heteroatoms. The lowest BCUT2D eigenvalue weighted by Crippen LogP contribution is -2.44. The molecule has 29 heavy (non-hydrogen) atoms. The molecule has 0 radical (unpaired) electrons. The lowest BCUT2D eigenvalue weighted by Gasteiger charge is -2.36. The Kier molecular flexibility index (Phi) is 5.10. The van der Waals surface area contributed by atoms with Gasteiger partial charge in [-0.2, -0.15) is 4.31 Å². The summed E-state index contributed by atoms with van der Waals surface area (Å²) in [6.07, 6.45) is 3.91. The molecule has 1 saturated heterocycles. The lowest BCUT2D eigenvalue weighted by atomic mass is 9.95. The van der Waals surface area contributed by atoms with Gasteiger partial charge in [0.15, 0.2) is 0 Å². The molecule has 1 unspecified atom stereocenters. The van der Waals surface area contributed by atoms with Crippen LogP contribution in [0, 0.1) is 5.92 Å². The largest absolute Gasteiger partial charge is 0.493 e. The fourth-order valence-electron chi connectivity index (χ4n) is 4.94. The molecule has 1 fully saturated rings. The van der Waals surface area contributed by atoms with Crippen LogP contribution in [-0.4, -0.2) is 50.4 Å². The van der Waals surface area contributed by atoms with E-state index >= 15 is 0 Å². The summed E-state index contributed by atoms with van der Waals surface area (Å²) in [6, 6.07) is 14.0. The lowest BCUT2D eigenvalue weighted by molar-refractivity contribution is 0.167. The maximum atomic E-state index is 13.3. The molecule has 2 aromatic rings. The van der Waals surface area contributed by atoms with Gasteiger partial charge < -0.3 is 4.74 Å². The molecule has 3 heterocycles. The molecule has 5 nitrogen and oxygen atoms in total. The van der Waals surface area contributed by atoms with Gasteiger partial charge >= 0.3 is 0 Å². The predicted octanol–water partition coefficient (Wildman–Crippen LogP) is 3.08. The van der Waals surface area contributed by atoms with Crippen LogP contribution in [0.2, 0.25) is 0 Å². The second-order valence-corrected chi connectivity index (χ2v) is 10.4. The summed E-state index contributed by atoms with van der Waals surface area (Å²) >= 11 is 0. The van der Waals surface area contributed by atoms with Gasteiger partial charge in [-0.25, -0.2) is 8.42 Å². The Morgan fingerprint density at radius 3 is 2.76 bits per heavy atom. The van der Waals surface area contributed by atoms with Crippen LogP contribution < -0.4 is 4.74 Å². The van der Waals surface area contributed by atoms with Crippen molar-refractivity contribution in [2.24, 2.45) is 5.92 Å². The van der Waals surface area contributed by atoms with E-state index in [4.69, 9.17) is 4.74 Å². The first kappa shape index (κ1) is 19.1. The Balaban J connectivity index is 1.27. The van der Waals surface area contributed by atoms with Gasteiger partial charge in [0.2, 0.25) is 10.0 Å². The second-order valence-electron chi connectivity index (χ2n) is 8.49. The van der Waals surface area contributed by atoms with Gasteiger partial charge in [-0.05, 0) is 60.1 Å². The minimum absolute atomic E-state index is 0.390. The van der Waals surface area contributed by atoms with Crippen LogP contribution in [-0.2, 0) is 29.4 Å². The van der Waals surface area contributed by atoms with Crippen molar-refractivity contribution in [3.63, 3.8) is 0 Å². The summed E-state index contributed by atoms with van der Waals surface area (Å²) < 4.78 is 33.7. The number of benzene rings is 2. The first-order chi connectivity index (χ1) is 14.1. The topological polar surface area (TPSA) is 49.9 Å². The van der Waals surface area contributed by atoms with Crippen LogP contribution in [0.25, 0.3) is 0 Å². The summed E-state index contributed by atoms with van der Waals surface area (Å²) in [7, 11) is -3.45. The molecule has 0 bridgehead atoms. The highest BCUT2D eigenvalue weighted by atomic mass is 32.2. The van der Waals surface area contributed by atoms with Crippen LogP contribution >= 0.6 is 0 Å². The Bertz CT molecular complexity index is 1000. The van der Waals surface area contributed by atoms with Gasteiger partial charge in [0.25, 0.3) is 0 Å². The number of ether oxygens (including phenoxy) is 1. The Morgan fingerprint density at radius 2 is 1.86 bits per heavy atom. The number of sulfonamides is 1. The molecule has 0 amide bonds. The average Bonchev–Trinajstić information content (AvgIpc) is 3.22. The molecule has 0 aromatic heterocycles. The normalized spacial score (nSPS) is 22.7. The number of nitrogens with zero attached hydrogens (tertiary/aromatic N) is 2. The van der Waals surface area contributed by atoms with Crippen molar-refractivity contribution in [3.8, 4) is 5.75 Å². The number of hydrogen-bond acceptors (Lipinski definition) is 4. The zero-order valence-corrected chi connectivity index (χ0v) is 17.5. The van der Waals surface area contributed by atoms with Crippen molar-refractivity contribution in [1.82, 2.24) is 9.21 Å². The van der Waals surface area contributed by atoms with Gasteiger partial charge in [-0.3, -0.25) is 4.90 Å². The third-order valence-corrected chi connectivity index (χ3v) is 8.37. The summed E-state index contributed by atoms with van der Waals surface area (Å²) in [4.78, 5) is 2.91. The molecule has 2 aromatic carbocycles. The monoisotopic (exact) mass is 412 g/mol. The van der Waals surface area contributed by atoms with E-state index < -0.39 is 10.0 Å². The van der Waals surface area contributed by atoms with Crippen LogP contribution in [0.3, 0.4) is 0 Å². The van der Waals surface area contributed by atoms with E-state index in [9.17, 15) is 8.42 Å². The van der Waals surface area contributed by atoms with Crippen molar-refractivity contribution in [2.75, 3.05) is 32.8 Å². The number of fused-ring (bicyclic) bond motifs is 2. The maximum absolute atomic E-state index is 13.3. The van der Waals surface area contributed by atoms with E-state index in [0.717, 1.165) is 56.6 Å². The van der Waals surface area contributed by atoms with Crippen molar-refractivity contribution < 1.29 is 13.2 Å². The zero-order valence-electron chi connectivity index (χ0n) is 16.7. The van der Waals surface area contributed by atoms with E-state index in [-0.39, 0.29) is 0 Å².